The highest BCUT2D eigenvalue weighted by molar-refractivity contribution is 7.17. The van der Waals surface area contributed by atoms with E-state index in [9.17, 15) is 9.59 Å². The van der Waals surface area contributed by atoms with Crippen molar-refractivity contribution in [3.8, 4) is 0 Å². The lowest BCUT2D eigenvalue weighted by Gasteiger charge is -2.18. The number of fused-ring (bicyclic) bond motifs is 1. The van der Waals surface area contributed by atoms with Gasteiger partial charge in [-0.15, -0.1) is 11.3 Å². The first-order chi connectivity index (χ1) is 9.38. The van der Waals surface area contributed by atoms with Crippen molar-refractivity contribution < 1.29 is 14.3 Å². The summed E-state index contributed by atoms with van der Waals surface area (Å²) in [6, 6.07) is 0. The van der Waals surface area contributed by atoms with Gasteiger partial charge < -0.3 is 10.1 Å². The van der Waals surface area contributed by atoms with Crippen LogP contribution in [0.25, 0.3) is 0 Å². The lowest BCUT2D eigenvalue weighted by Crippen LogP contribution is -2.17. The van der Waals surface area contributed by atoms with Crippen LogP contribution in [0, 0.1) is 5.92 Å². The van der Waals surface area contributed by atoms with Crippen molar-refractivity contribution in [3.63, 3.8) is 0 Å². The summed E-state index contributed by atoms with van der Waals surface area (Å²) in [6.45, 7) is 7.33. The van der Waals surface area contributed by atoms with Gasteiger partial charge in [-0.05, 0) is 44.6 Å². The fourth-order valence-electron chi connectivity index (χ4n) is 2.49. The molecule has 20 heavy (non-hydrogen) atoms. The van der Waals surface area contributed by atoms with Crippen molar-refractivity contribution in [2.75, 3.05) is 5.32 Å². The van der Waals surface area contributed by atoms with Crippen LogP contribution in [-0.4, -0.2) is 18.0 Å². The Balaban J connectivity index is 2.40. The number of ether oxygens (including phenoxy) is 1. The Labute approximate surface area is 123 Å². The molecule has 0 spiro atoms. The van der Waals surface area contributed by atoms with Gasteiger partial charge in [0, 0.05) is 11.8 Å². The standard InChI is InChI=1S/C15H21NO3S/c1-8(2)19-15(18)13-11-6-5-9(3)7-12(11)20-14(13)16-10(4)17/h8-9H,5-7H2,1-4H3,(H,16,17)/t9-/m1/s1. The van der Waals surface area contributed by atoms with Gasteiger partial charge in [-0.1, -0.05) is 6.92 Å². The van der Waals surface area contributed by atoms with Crippen molar-refractivity contribution in [2.45, 2.75) is 53.1 Å². The van der Waals surface area contributed by atoms with Crippen LogP contribution in [0.1, 0.15) is 54.9 Å². The van der Waals surface area contributed by atoms with Crippen molar-refractivity contribution in [2.24, 2.45) is 5.92 Å². The van der Waals surface area contributed by atoms with E-state index in [2.05, 4.69) is 12.2 Å². The quantitative estimate of drug-likeness (QED) is 0.870. The molecule has 2 rings (SSSR count). The minimum Gasteiger partial charge on any atom is -0.459 e. The third kappa shape index (κ3) is 3.20. The van der Waals surface area contributed by atoms with Gasteiger partial charge in [-0.2, -0.15) is 0 Å². The molecule has 110 valence electrons. The van der Waals surface area contributed by atoms with E-state index in [0.29, 0.717) is 16.5 Å². The predicted octanol–water partition coefficient (Wildman–Crippen LogP) is 3.40. The molecule has 5 heteroatoms. The largest absolute Gasteiger partial charge is 0.459 e. The minimum absolute atomic E-state index is 0.157. The van der Waals surface area contributed by atoms with Crippen LogP contribution < -0.4 is 5.32 Å². The molecule has 0 bridgehead atoms. The van der Waals surface area contributed by atoms with Crippen LogP contribution in [-0.2, 0) is 22.4 Å². The monoisotopic (exact) mass is 295 g/mol. The molecule has 1 aliphatic carbocycles. The maximum absolute atomic E-state index is 12.3. The highest BCUT2D eigenvalue weighted by atomic mass is 32.1. The average Bonchev–Trinajstić information content (AvgIpc) is 2.63. The van der Waals surface area contributed by atoms with Crippen LogP contribution in [0.5, 0.6) is 0 Å². The zero-order chi connectivity index (χ0) is 14.9. The maximum atomic E-state index is 12.3. The summed E-state index contributed by atoms with van der Waals surface area (Å²) in [5, 5.41) is 3.42. The van der Waals surface area contributed by atoms with Gasteiger partial charge in [0.25, 0.3) is 0 Å². The maximum Gasteiger partial charge on any atom is 0.341 e. The topological polar surface area (TPSA) is 55.4 Å². The smallest absolute Gasteiger partial charge is 0.341 e. The number of nitrogens with one attached hydrogen (secondary N) is 1. The molecule has 0 aromatic carbocycles. The molecule has 1 heterocycles. The Hall–Kier alpha value is -1.36. The van der Waals surface area contributed by atoms with Crippen LogP contribution in [0.3, 0.4) is 0 Å². The van der Waals surface area contributed by atoms with Gasteiger partial charge in [0.05, 0.1) is 11.7 Å². The first-order valence-electron chi connectivity index (χ1n) is 7.01. The number of carbonyl (C=O) groups is 2. The Morgan fingerprint density at radius 1 is 1.40 bits per heavy atom. The molecule has 1 aromatic heterocycles. The van der Waals surface area contributed by atoms with Crippen molar-refractivity contribution in [1.29, 1.82) is 0 Å². The summed E-state index contributed by atoms with van der Waals surface area (Å²) < 4.78 is 5.33. The molecule has 1 N–H and O–H groups in total. The van der Waals surface area contributed by atoms with E-state index < -0.39 is 0 Å². The number of esters is 1. The summed E-state index contributed by atoms with van der Waals surface area (Å²) >= 11 is 1.52. The molecule has 1 aromatic rings. The fourth-order valence-corrected chi connectivity index (χ4v) is 3.93. The first-order valence-corrected chi connectivity index (χ1v) is 7.83. The van der Waals surface area contributed by atoms with E-state index in [1.165, 1.54) is 23.1 Å². The van der Waals surface area contributed by atoms with E-state index in [0.717, 1.165) is 24.8 Å². The molecular formula is C15H21NO3S. The second kappa shape index (κ2) is 5.95. The Morgan fingerprint density at radius 2 is 2.10 bits per heavy atom. The van der Waals surface area contributed by atoms with Gasteiger partial charge in [-0.3, -0.25) is 4.79 Å². The van der Waals surface area contributed by atoms with E-state index >= 15 is 0 Å². The second-order valence-corrected chi connectivity index (χ2v) is 6.80. The molecule has 1 amide bonds. The number of hydrogen-bond acceptors (Lipinski definition) is 4. The predicted molar refractivity (Wildman–Crippen MR) is 80.4 cm³/mol. The van der Waals surface area contributed by atoms with Crippen LogP contribution in [0.4, 0.5) is 5.00 Å². The normalized spacial score (nSPS) is 17.8. The van der Waals surface area contributed by atoms with Crippen LogP contribution >= 0.6 is 11.3 Å². The van der Waals surface area contributed by atoms with Gasteiger partial charge in [0.2, 0.25) is 5.91 Å². The molecule has 0 unspecified atom stereocenters. The van der Waals surface area contributed by atoms with E-state index in [-0.39, 0.29) is 18.0 Å². The SMILES string of the molecule is CC(=O)Nc1sc2c(c1C(=O)OC(C)C)CC[C@@H](C)C2. The first kappa shape index (κ1) is 15.0. The van der Waals surface area contributed by atoms with Crippen molar-refractivity contribution >= 4 is 28.2 Å². The molecule has 0 aliphatic heterocycles. The highest BCUT2D eigenvalue weighted by Gasteiger charge is 2.29. The Morgan fingerprint density at radius 3 is 2.70 bits per heavy atom. The third-order valence-corrected chi connectivity index (χ3v) is 4.52. The minimum atomic E-state index is -0.323. The molecule has 1 aliphatic rings. The van der Waals surface area contributed by atoms with E-state index in [1.54, 1.807) is 0 Å². The number of anilines is 1. The van der Waals surface area contributed by atoms with Gasteiger partial charge in [0.1, 0.15) is 5.00 Å². The molecule has 0 saturated carbocycles. The number of rotatable bonds is 3. The van der Waals surface area contributed by atoms with Crippen LogP contribution in [0.15, 0.2) is 0 Å². The zero-order valence-electron chi connectivity index (χ0n) is 12.4. The fraction of sp³-hybridized carbons (Fsp3) is 0.600. The molecule has 0 radical (unpaired) electrons. The summed E-state index contributed by atoms with van der Waals surface area (Å²) in [4.78, 5) is 24.8. The lowest BCUT2D eigenvalue weighted by molar-refractivity contribution is -0.114. The number of amides is 1. The summed E-state index contributed by atoms with van der Waals surface area (Å²) in [5.41, 5.74) is 1.64. The van der Waals surface area contributed by atoms with Crippen molar-refractivity contribution in [3.05, 3.63) is 16.0 Å². The summed E-state index contributed by atoms with van der Waals surface area (Å²) in [7, 11) is 0. The van der Waals surface area contributed by atoms with Gasteiger partial charge in [0.15, 0.2) is 0 Å². The summed E-state index contributed by atoms with van der Waals surface area (Å²) in [5.74, 6) is 0.145. The Bertz CT molecular complexity index is 533. The number of thiophene rings is 1. The van der Waals surface area contributed by atoms with Crippen molar-refractivity contribution in [1.82, 2.24) is 0 Å². The molecule has 1 atom stereocenters. The molecular weight excluding hydrogens is 274 g/mol. The second-order valence-electron chi connectivity index (χ2n) is 5.69. The van der Waals surface area contributed by atoms with Gasteiger partial charge >= 0.3 is 5.97 Å². The lowest BCUT2D eigenvalue weighted by atomic mass is 9.88. The average molecular weight is 295 g/mol. The summed E-state index contributed by atoms with van der Waals surface area (Å²) in [6.07, 6.45) is 2.77. The highest BCUT2D eigenvalue weighted by Crippen LogP contribution is 2.40. The van der Waals surface area contributed by atoms with Gasteiger partial charge in [-0.25, -0.2) is 4.79 Å². The third-order valence-electron chi connectivity index (χ3n) is 3.35. The molecule has 0 saturated heterocycles. The zero-order valence-corrected chi connectivity index (χ0v) is 13.2. The van der Waals surface area contributed by atoms with E-state index in [1.807, 2.05) is 13.8 Å². The van der Waals surface area contributed by atoms with Crippen LogP contribution in [0.2, 0.25) is 0 Å². The number of carbonyl (C=O) groups excluding carboxylic acids is 2. The molecule has 4 nitrogen and oxygen atoms in total. The number of hydrogen-bond donors (Lipinski definition) is 1. The van der Waals surface area contributed by atoms with E-state index in [4.69, 9.17) is 4.74 Å². The Kier molecular flexibility index (Phi) is 4.48. The molecule has 0 fully saturated rings.